The number of aromatic nitrogens is 3. The number of H-pyrrole nitrogens is 1. The first-order chi connectivity index (χ1) is 8.29. The van der Waals surface area contributed by atoms with Gasteiger partial charge in [-0.15, -0.1) is 5.10 Å². The second kappa shape index (κ2) is 8.32. The summed E-state index contributed by atoms with van der Waals surface area (Å²) in [6.45, 7) is 4.60. The van der Waals surface area contributed by atoms with Crippen molar-refractivity contribution >= 4 is 11.8 Å². The SMILES string of the molecule is CCOCCSc1n[nH]c(=O)n1CCCOC. The topological polar surface area (TPSA) is 69.1 Å². The number of nitrogens with one attached hydrogen (secondary N) is 1. The van der Waals surface area contributed by atoms with Crippen LogP contribution in [0.3, 0.4) is 0 Å². The summed E-state index contributed by atoms with van der Waals surface area (Å²) >= 11 is 1.52. The number of nitrogens with zero attached hydrogens (tertiary/aromatic N) is 2. The van der Waals surface area contributed by atoms with E-state index in [1.807, 2.05) is 6.92 Å². The van der Waals surface area contributed by atoms with Gasteiger partial charge in [-0.25, -0.2) is 9.89 Å². The number of methoxy groups -OCH3 is 1. The van der Waals surface area contributed by atoms with E-state index in [4.69, 9.17) is 9.47 Å². The molecule has 0 aliphatic carbocycles. The van der Waals surface area contributed by atoms with E-state index in [1.165, 1.54) is 11.8 Å². The number of rotatable bonds is 9. The van der Waals surface area contributed by atoms with Gasteiger partial charge in [-0.3, -0.25) is 4.57 Å². The number of hydrogen-bond donors (Lipinski definition) is 1. The first-order valence-electron chi connectivity index (χ1n) is 5.64. The van der Waals surface area contributed by atoms with Crippen LogP contribution in [0.25, 0.3) is 0 Å². The zero-order valence-electron chi connectivity index (χ0n) is 10.3. The largest absolute Gasteiger partial charge is 0.385 e. The molecule has 0 amide bonds. The highest BCUT2D eigenvalue weighted by molar-refractivity contribution is 7.99. The minimum Gasteiger partial charge on any atom is -0.385 e. The summed E-state index contributed by atoms with van der Waals surface area (Å²) in [5, 5.41) is 7.16. The minimum absolute atomic E-state index is 0.167. The quantitative estimate of drug-likeness (QED) is 0.524. The smallest absolute Gasteiger partial charge is 0.343 e. The maximum Gasteiger partial charge on any atom is 0.343 e. The number of thioether (sulfide) groups is 1. The van der Waals surface area contributed by atoms with Gasteiger partial charge < -0.3 is 9.47 Å². The zero-order valence-corrected chi connectivity index (χ0v) is 11.1. The van der Waals surface area contributed by atoms with Gasteiger partial charge in [0.15, 0.2) is 5.16 Å². The van der Waals surface area contributed by atoms with Crippen LogP contribution in [0, 0.1) is 0 Å². The van der Waals surface area contributed by atoms with Gasteiger partial charge in [-0.05, 0) is 13.3 Å². The molecule has 1 aromatic heterocycles. The lowest BCUT2D eigenvalue weighted by molar-refractivity contribution is 0.164. The van der Waals surface area contributed by atoms with Crippen LogP contribution in [0.15, 0.2) is 9.95 Å². The highest BCUT2D eigenvalue weighted by Gasteiger charge is 2.07. The molecule has 0 saturated heterocycles. The number of ether oxygens (including phenoxy) is 2. The molecule has 7 heteroatoms. The Labute approximate surface area is 105 Å². The highest BCUT2D eigenvalue weighted by Crippen LogP contribution is 2.12. The fourth-order valence-electron chi connectivity index (χ4n) is 1.31. The van der Waals surface area contributed by atoms with Crippen LogP contribution in [0.1, 0.15) is 13.3 Å². The molecule has 0 atom stereocenters. The fraction of sp³-hybridized carbons (Fsp3) is 0.800. The van der Waals surface area contributed by atoms with Gasteiger partial charge in [0.25, 0.3) is 0 Å². The molecule has 0 radical (unpaired) electrons. The Kier molecular flexibility index (Phi) is 6.99. The van der Waals surface area contributed by atoms with Crippen LogP contribution in [0.5, 0.6) is 0 Å². The lowest BCUT2D eigenvalue weighted by Crippen LogP contribution is -2.18. The van der Waals surface area contributed by atoms with E-state index in [-0.39, 0.29) is 5.69 Å². The van der Waals surface area contributed by atoms with E-state index in [0.717, 1.165) is 12.2 Å². The van der Waals surface area contributed by atoms with E-state index in [2.05, 4.69) is 10.2 Å². The Morgan fingerprint density at radius 1 is 1.47 bits per heavy atom. The number of hydrogen-bond acceptors (Lipinski definition) is 5. The van der Waals surface area contributed by atoms with Crippen molar-refractivity contribution in [2.24, 2.45) is 0 Å². The van der Waals surface area contributed by atoms with Crippen molar-refractivity contribution in [3.05, 3.63) is 10.5 Å². The summed E-state index contributed by atoms with van der Waals surface area (Å²) in [5.41, 5.74) is -0.167. The van der Waals surface area contributed by atoms with Crippen molar-refractivity contribution in [3.63, 3.8) is 0 Å². The zero-order chi connectivity index (χ0) is 12.5. The van der Waals surface area contributed by atoms with Crippen LogP contribution in [-0.2, 0) is 16.0 Å². The first-order valence-corrected chi connectivity index (χ1v) is 6.62. The van der Waals surface area contributed by atoms with Gasteiger partial charge in [0.2, 0.25) is 0 Å². The molecule has 1 rings (SSSR count). The molecule has 1 N–H and O–H groups in total. The van der Waals surface area contributed by atoms with Crippen molar-refractivity contribution in [2.75, 3.05) is 32.7 Å². The molecular weight excluding hydrogens is 242 g/mol. The van der Waals surface area contributed by atoms with E-state index in [1.54, 1.807) is 11.7 Å². The fourth-order valence-corrected chi connectivity index (χ4v) is 2.14. The molecule has 0 saturated carbocycles. The molecule has 6 nitrogen and oxygen atoms in total. The normalized spacial score (nSPS) is 10.9. The Hall–Kier alpha value is -0.790. The molecular formula is C10H19N3O3S. The monoisotopic (exact) mass is 261 g/mol. The van der Waals surface area contributed by atoms with Gasteiger partial charge in [-0.1, -0.05) is 11.8 Å². The summed E-state index contributed by atoms with van der Waals surface area (Å²) in [6.07, 6.45) is 0.801. The van der Waals surface area contributed by atoms with Crippen molar-refractivity contribution in [3.8, 4) is 0 Å². The summed E-state index contributed by atoms with van der Waals surface area (Å²) in [4.78, 5) is 11.5. The third-order valence-electron chi connectivity index (χ3n) is 2.12. The Bertz CT molecular complexity index is 364. The standard InChI is InChI=1S/C10H19N3O3S/c1-3-16-7-8-17-10-12-11-9(14)13(10)5-4-6-15-2/h3-8H2,1-2H3,(H,11,14). The average molecular weight is 261 g/mol. The predicted molar refractivity (Wildman–Crippen MR) is 66.6 cm³/mol. The van der Waals surface area contributed by atoms with E-state index in [9.17, 15) is 4.79 Å². The molecule has 98 valence electrons. The second-order valence-corrected chi connectivity index (χ2v) is 4.42. The highest BCUT2D eigenvalue weighted by atomic mass is 32.2. The predicted octanol–water partition coefficient (Wildman–Crippen LogP) is 0.736. The number of aromatic amines is 1. The molecule has 0 aliphatic rings. The molecule has 0 bridgehead atoms. The van der Waals surface area contributed by atoms with Crippen LogP contribution in [0.2, 0.25) is 0 Å². The molecule has 0 aliphatic heterocycles. The third-order valence-corrected chi connectivity index (χ3v) is 3.06. The maximum atomic E-state index is 11.5. The minimum atomic E-state index is -0.167. The van der Waals surface area contributed by atoms with Gasteiger partial charge in [0.05, 0.1) is 6.61 Å². The lowest BCUT2D eigenvalue weighted by Gasteiger charge is -2.04. The average Bonchev–Trinajstić information content (AvgIpc) is 2.67. The van der Waals surface area contributed by atoms with Crippen LogP contribution in [-0.4, -0.2) is 47.4 Å². The van der Waals surface area contributed by atoms with Crippen LogP contribution in [0.4, 0.5) is 0 Å². The molecule has 1 heterocycles. The molecule has 0 aromatic carbocycles. The third kappa shape index (κ3) is 4.93. The van der Waals surface area contributed by atoms with Gasteiger partial charge in [0.1, 0.15) is 0 Å². The molecule has 0 spiro atoms. The maximum absolute atomic E-state index is 11.5. The molecule has 17 heavy (non-hydrogen) atoms. The van der Waals surface area contributed by atoms with Crippen LogP contribution >= 0.6 is 11.8 Å². The molecule has 0 unspecified atom stereocenters. The van der Waals surface area contributed by atoms with Crippen LogP contribution < -0.4 is 5.69 Å². The summed E-state index contributed by atoms with van der Waals surface area (Å²) < 4.78 is 11.8. The molecule has 0 fully saturated rings. The summed E-state index contributed by atoms with van der Waals surface area (Å²) in [7, 11) is 1.65. The van der Waals surface area contributed by atoms with E-state index in [0.29, 0.717) is 31.5 Å². The van der Waals surface area contributed by atoms with Crippen molar-refractivity contribution in [1.82, 2.24) is 14.8 Å². The Morgan fingerprint density at radius 2 is 2.29 bits per heavy atom. The van der Waals surface area contributed by atoms with Crippen molar-refractivity contribution in [2.45, 2.75) is 25.0 Å². The second-order valence-electron chi connectivity index (χ2n) is 3.35. The van der Waals surface area contributed by atoms with Gasteiger partial charge in [-0.2, -0.15) is 0 Å². The Balaban J connectivity index is 2.44. The Morgan fingerprint density at radius 3 is 3.00 bits per heavy atom. The first kappa shape index (κ1) is 14.3. The van der Waals surface area contributed by atoms with Crippen molar-refractivity contribution in [1.29, 1.82) is 0 Å². The van der Waals surface area contributed by atoms with E-state index >= 15 is 0 Å². The summed E-state index contributed by atoms with van der Waals surface area (Å²) in [5.74, 6) is 0.794. The summed E-state index contributed by atoms with van der Waals surface area (Å²) in [6, 6.07) is 0. The van der Waals surface area contributed by atoms with Crippen molar-refractivity contribution < 1.29 is 9.47 Å². The lowest BCUT2D eigenvalue weighted by atomic mass is 10.4. The van der Waals surface area contributed by atoms with Gasteiger partial charge in [0, 0.05) is 32.6 Å². The van der Waals surface area contributed by atoms with E-state index < -0.39 is 0 Å². The van der Waals surface area contributed by atoms with Gasteiger partial charge >= 0.3 is 5.69 Å². The molecule has 1 aromatic rings.